The Labute approximate surface area is 246 Å². The van der Waals surface area contributed by atoms with Crippen molar-refractivity contribution in [3.63, 3.8) is 0 Å². The monoisotopic (exact) mass is 594 g/mol. The van der Waals surface area contributed by atoms with E-state index in [0.29, 0.717) is 49.6 Å². The summed E-state index contributed by atoms with van der Waals surface area (Å²) >= 11 is 19.2. The SMILES string of the molecule is Cc1ccc(Nc2c(C#N)cnc3c(Cl)cc(N[C@H](C4=CN(CCO)NN4)c4ccc(Cl)nc4C)cc23)cc1Cl. The van der Waals surface area contributed by atoms with Crippen LogP contribution in [0.2, 0.25) is 15.2 Å². The van der Waals surface area contributed by atoms with E-state index in [-0.39, 0.29) is 6.61 Å². The van der Waals surface area contributed by atoms with Crippen LogP contribution in [0.1, 0.15) is 28.4 Å². The second-order valence-corrected chi connectivity index (χ2v) is 10.4. The summed E-state index contributed by atoms with van der Waals surface area (Å²) in [6.07, 6.45) is 3.37. The molecule has 0 amide bonds. The highest BCUT2D eigenvalue weighted by atomic mass is 35.5. The fraction of sp³-hybridized carbons (Fsp3) is 0.179. The lowest BCUT2D eigenvalue weighted by molar-refractivity contribution is 0.195. The normalized spacial score (nSPS) is 13.5. The second kappa shape index (κ2) is 11.8. The van der Waals surface area contributed by atoms with Crippen molar-refractivity contribution in [2.24, 2.45) is 0 Å². The summed E-state index contributed by atoms with van der Waals surface area (Å²) in [6.45, 7) is 4.18. The zero-order valence-electron chi connectivity index (χ0n) is 21.6. The Hall–Kier alpha value is -3.78. The average molecular weight is 596 g/mol. The molecule has 12 heteroatoms. The van der Waals surface area contributed by atoms with Crippen LogP contribution in [0.25, 0.3) is 10.9 Å². The number of hydrazine groups is 2. The molecule has 4 aromatic rings. The van der Waals surface area contributed by atoms with Crippen LogP contribution in [-0.2, 0) is 0 Å². The smallest absolute Gasteiger partial charge is 0.129 e. The Bertz CT molecular complexity index is 1670. The third-order valence-electron chi connectivity index (χ3n) is 6.49. The number of fused-ring (bicyclic) bond motifs is 1. The standard InChI is InChI=1S/C28H25Cl3N8O/c1-15-3-4-18(10-22(15)29)35-26-17(12-32)13-33-27-21(26)9-19(11-23(27)30)36-28(20-5-6-25(31)34-16(20)2)24-14-39(7-8-40)38-37-24/h3-6,9-11,13-14,28,36-38,40H,7-8H2,1-2H3,(H,33,35)/t28-/m0/s1. The number of nitrogens with one attached hydrogen (secondary N) is 4. The number of nitrogens with zero attached hydrogens (tertiary/aromatic N) is 4. The van der Waals surface area contributed by atoms with Gasteiger partial charge in [0.2, 0.25) is 0 Å². The van der Waals surface area contributed by atoms with E-state index in [1.165, 1.54) is 6.20 Å². The Balaban J connectivity index is 1.60. The second-order valence-electron chi connectivity index (χ2n) is 9.23. The van der Waals surface area contributed by atoms with Crippen LogP contribution in [0.3, 0.4) is 0 Å². The van der Waals surface area contributed by atoms with E-state index in [4.69, 9.17) is 34.8 Å². The van der Waals surface area contributed by atoms with Crippen molar-refractivity contribution in [2.75, 3.05) is 23.8 Å². The van der Waals surface area contributed by atoms with E-state index >= 15 is 0 Å². The zero-order valence-corrected chi connectivity index (χ0v) is 23.8. The van der Waals surface area contributed by atoms with Crippen molar-refractivity contribution in [1.29, 1.82) is 5.26 Å². The maximum atomic E-state index is 9.88. The topological polar surface area (TPSA) is 121 Å². The minimum absolute atomic E-state index is 0.0193. The van der Waals surface area contributed by atoms with Crippen molar-refractivity contribution in [3.05, 3.63) is 98.1 Å². The lowest BCUT2D eigenvalue weighted by atomic mass is 10.0. The minimum Gasteiger partial charge on any atom is -0.394 e. The van der Waals surface area contributed by atoms with Gasteiger partial charge in [-0.05, 0) is 49.7 Å². The predicted octanol–water partition coefficient (Wildman–Crippen LogP) is 6.13. The van der Waals surface area contributed by atoms with Gasteiger partial charge < -0.3 is 21.2 Å². The number of β-amino-alcohol motifs (C(OH)–C–C–N with tert-alkyl or cyclic N) is 1. The van der Waals surface area contributed by atoms with Crippen LogP contribution in [-0.4, -0.2) is 33.2 Å². The van der Waals surface area contributed by atoms with E-state index in [1.54, 1.807) is 17.1 Å². The van der Waals surface area contributed by atoms with Gasteiger partial charge in [0.15, 0.2) is 0 Å². The fourth-order valence-corrected chi connectivity index (χ4v) is 5.10. The number of halogens is 3. The van der Waals surface area contributed by atoms with Gasteiger partial charge in [-0.2, -0.15) is 5.26 Å². The van der Waals surface area contributed by atoms with Gasteiger partial charge in [0.1, 0.15) is 11.2 Å². The lowest BCUT2D eigenvalue weighted by Crippen LogP contribution is -2.39. The summed E-state index contributed by atoms with van der Waals surface area (Å²) in [5.41, 5.74) is 12.4. The largest absolute Gasteiger partial charge is 0.394 e. The number of nitriles is 1. The number of aromatic nitrogens is 2. The maximum absolute atomic E-state index is 9.88. The number of anilines is 3. The summed E-state index contributed by atoms with van der Waals surface area (Å²) in [5, 5.41) is 30.0. The first-order chi connectivity index (χ1) is 19.3. The molecule has 9 nitrogen and oxygen atoms in total. The Morgan fingerprint density at radius 1 is 1.07 bits per heavy atom. The number of pyridine rings is 2. The van der Waals surface area contributed by atoms with Gasteiger partial charge in [-0.3, -0.25) is 9.99 Å². The van der Waals surface area contributed by atoms with E-state index < -0.39 is 6.04 Å². The molecular weight excluding hydrogens is 571 g/mol. The molecule has 1 atom stereocenters. The van der Waals surface area contributed by atoms with Gasteiger partial charge in [-0.15, -0.1) is 5.53 Å². The molecule has 2 aromatic carbocycles. The van der Waals surface area contributed by atoms with Crippen LogP contribution in [0.15, 0.2) is 60.6 Å². The van der Waals surface area contributed by atoms with E-state index in [0.717, 1.165) is 28.2 Å². The molecule has 0 saturated heterocycles. The number of aryl methyl sites for hydroxylation is 2. The highest BCUT2D eigenvalue weighted by Gasteiger charge is 2.25. The summed E-state index contributed by atoms with van der Waals surface area (Å²) in [7, 11) is 0. The van der Waals surface area contributed by atoms with E-state index in [2.05, 4.69) is 37.6 Å². The maximum Gasteiger partial charge on any atom is 0.129 e. The van der Waals surface area contributed by atoms with Crippen LogP contribution >= 0.6 is 34.8 Å². The molecular formula is C28H25Cl3N8O. The number of aliphatic hydroxyl groups is 1. The highest BCUT2D eigenvalue weighted by molar-refractivity contribution is 6.36. The molecule has 0 bridgehead atoms. The van der Waals surface area contributed by atoms with E-state index in [1.807, 2.05) is 50.4 Å². The van der Waals surface area contributed by atoms with Crippen LogP contribution in [0.4, 0.5) is 17.1 Å². The Kier molecular flexibility index (Phi) is 8.17. The van der Waals surface area contributed by atoms with Crippen LogP contribution < -0.4 is 21.6 Å². The molecule has 0 spiro atoms. The third kappa shape index (κ3) is 5.72. The first-order valence-corrected chi connectivity index (χ1v) is 13.5. The van der Waals surface area contributed by atoms with Crippen LogP contribution in [0.5, 0.6) is 0 Å². The van der Waals surface area contributed by atoms with Gasteiger partial charge >= 0.3 is 0 Å². The van der Waals surface area contributed by atoms with Crippen molar-refractivity contribution in [1.82, 2.24) is 25.9 Å². The van der Waals surface area contributed by atoms with Gasteiger partial charge in [0.05, 0.1) is 46.7 Å². The summed E-state index contributed by atoms with van der Waals surface area (Å²) < 4.78 is 0. The molecule has 0 unspecified atom stereocenters. The first-order valence-electron chi connectivity index (χ1n) is 12.3. The molecule has 40 heavy (non-hydrogen) atoms. The highest BCUT2D eigenvalue weighted by Crippen LogP contribution is 2.37. The van der Waals surface area contributed by atoms with Gasteiger partial charge in [0, 0.05) is 45.4 Å². The average Bonchev–Trinajstić information content (AvgIpc) is 3.39. The van der Waals surface area contributed by atoms with Crippen molar-refractivity contribution in [3.8, 4) is 6.07 Å². The Morgan fingerprint density at radius 2 is 1.88 bits per heavy atom. The quantitative estimate of drug-likeness (QED) is 0.153. The number of hydrogen-bond acceptors (Lipinski definition) is 9. The molecule has 2 aromatic heterocycles. The van der Waals surface area contributed by atoms with Gasteiger partial charge in [0.25, 0.3) is 0 Å². The summed E-state index contributed by atoms with van der Waals surface area (Å²) in [4.78, 5) is 8.89. The number of benzene rings is 2. The molecule has 0 fully saturated rings. The molecule has 0 aliphatic carbocycles. The number of rotatable bonds is 8. The summed E-state index contributed by atoms with van der Waals surface area (Å²) in [6, 6.07) is 14.8. The van der Waals surface area contributed by atoms with E-state index in [9.17, 15) is 10.4 Å². The molecule has 1 aliphatic heterocycles. The number of aliphatic hydroxyl groups excluding tert-OH is 1. The zero-order chi connectivity index (χ0) is 28.4. The Morgan fingerprint density at radius 3 is 2.60 bits per heavy atom. The summed E-state index contributed by atoms with van der Waals surface area (Å²) in [5.74, 6) is 0. The molecule has 1 aliphatic rings. The third-order valence-corrected chi connectivity index (χ3v) is 7.40. The first kappa shape index (κ1) is 27.8. The van der Waals surface area contributed by atoms with Gasteiger partial charge in [-0.25, -0.2) is 4.98 Å². The molecule has 5 N–H and O–H groups in total. The number of hydrogen-bond donors (Lipinski definition) is 5. The lowest BCUT2D eigenvalue weighted by Gasteiger charge is -2.23. The molecule has 0 radical (unpaired) electrons. The molecule has 5 rings (SSSR count). The van der Waals surface area contributed by atoms with Gasteiger partial charge in [-0.1, -0.05) is 46.9 Å². The predicted molar refractivity (Wildman–Crippen MR) is 159 cm³/mol. The van der Waals surface area contributed by atoms with Crippen molar-refractivity contribution < 1.29 is 5.11 Å². The molecule has 3 heterocycles. The fourth-order valence-electron chi connectivity index (χ4n) is 4.46. The van der Waals surface area contributed by atoms with Crippen molar-refractivity contribution >= 4 is 62.8 Å². The van der Waals surface area contributed by atoms with Crippen molar-refractivity contribution in [2.45, 2.75) is 19.9 Å². The minimum atomic E-state index is -0.395. The van der Waals surface area contributed by atoms with Crippen LogP contribution in [0, 0.1) is 25.2 Å². The molecule has 0 saturated carbocycles. The molecule has 204 valence electrons.